The molecule has 0 aliphatic heterocycles. The van der Waals surface area contributed by atoms with Gasteiger partial charge in [-0.1, -0.05) is 17.2 Å². The summed E-state index contributed by atoms with van der Waals surface area (Å²) in [5, 5.41) is 0. The van der Waals surface area contributed by atoms with Gasteiger partial charge in [-0.3, -0.25) is 9.97 Å². The number of aromatic nitrogens is 2. The van der Waals surface area contributed by atoms with Crippen LogP contribution in [0.25, 0.3) is 0 Å². The molecule has 0 radical (unpaired) electrons. The number of rotatable bonds is 10. The van der Waals surface area contributed by atoms with E-state index in [0.717, 1.165) is 64.9 Å². The Bertz CT molecular complexity index is 540. The summed E-state index contributed by atoms with van der Waals surface area (Å²) in [6, 6.07) is 8.05. The summed E-state index contributed by atoms with van der Waals surface area (Å²) in [5.41, 5.74) is 2.29. The van der Waals surface area contributed by atoms with Crippen LogP contribution in [0.15, 0.2) is 36.7 Å². The summed E-state index contributed by atoms with van der Waals surface area (Å²) in [7, 11) is 6.98. The molecule has 2 atom stereocenters. The molecule has 24 heavy (non-hydrogen) atoms. The monoisotopic (exact) mass is 365 g/mol. The summed E-state index contributed by atoms with van der Waals surface area (Å²) >= 11 is 0. The van der Waals surface area contributed by atoms with Crippen LogP contribution in [0.1, 0.15) is 0 Å². The molecule has 0 saturated carbocycles. The fourth-order valence-electron chi connectivity index (χ4n) is 2.07. The number of hydrogen-bond donors (Lipinski definition) is 0. The molecule has 0 fully saturated rings. The van der Waals surface area contributed by atoms with Crippen molar-refractivity contribution in [1.29, 1.82) is 0 Å². The molecule has 2 rings (SSSR count). The third-order valence-electron chi connectivity index (χ3n) is 3.54. The number of hydrogen-bond acceptors (Lipinski definition) is 5. The van der Waals surface area contributed by atoms with E-state index in [1.54, 1.807) is 26.6 Å². The SMILES string of the molecule is COc1ccc(PCCN(C)CCPc2ccc(OC)cn2)nc1. The number of ether oxygens (including phenoxy) is 2. The van der Waals surface area contributed by atoms with Crippen LogP contribution in [0.5, 0.6) is 11.5 Å². The molecule has 0 saturated heterocycles. The fraction of sp³-hybridized carbons (Fsp3) is 0.412. The maximum absolute atomic E-state index is 5.13. The van der Waals surface area contributed by atoms with E-state index < -0.39 is 0 Å². The van der Waals surface area contributed by atoms with Crippen molar-refractivity contribution in [3.8, 4) is 11.5 Å². The highest BCUT2D eigenvalue weighted by Gasteiger charge is 2.02. The van der Waals surface area contributed by atoms with E-state index in [0.29, 0.717) is 0 Å². The van der Waals surface area contributed by atoms with Crippen molar-refractivity contribution in [2.24, 2.45) is 0 Å². The standard InChI is InChI=1S/C17H25N3O2P2/c1-20(8-10-23-16-6-4-14(21-2)12-18-16)9-11-24-17-7-5-15(22-3)13-19-17/h4-7,12-13,23-24H,8-11H2,1-3H3. The quantitative estimate of drug-likeness (QED) is 0.600. The van der Waals surface area contributed by atoms with E-state index >= 15 is 0 Å². The molecule has 0 amide bonds. The average molecular weight is 365 g/mol. The van der Waals surface area contributed by atoms with Gasteiger partial charge in [0.25, 0.3) is 0 Å². The van der Waals surface area contributed by atoms with Crippen LogP contribution in [-0.4, -0.2) is 61.5 Å². The molecule has 5 nitrogen and oxygen atoms in total. The molecule has 0 aliphatic rings. The van der Waals surface area contributed by atoms with Gasteiger partial charge in [0.05, 0.1) is 37.5 Å². The number of methoxy groups -OCH3 is 2. The molecular weight excluding hydrogens is 340 g/mol. The number of pyridine rings is 2. The molecule has 0 N–H and O–H groups in total. The minimum Gasteiger partial charge on any atom is -0.495 e. The van der Waals surface area contributed by atoms with Gasteiger partial charge in [-0.15, -0.1) is 0 Å². The fourth-order valence-corrected chi connectivity index (χ4v) is 4.29. The summed E-state index contributed by atoms with van der Waals surface area (Å²) in [6.07, 6.45) is 5.85. The van der Waals surface area contributed by atoms with Crippen molar-refractivity contribution in [3.05, 3.63) is 36.7 Å². The minimum atomic E-state index is 0.739. The summed E-state index contributed by atoms with van der Waals surface area (Å²) in [4.78, 5) is 11.2. The van der Waals surface area contributed by atoms with Gasteiger partial charge in [0.1, 0.15) is 11.5 Å². The molecule has 0 bridgehead atoms. The Labute approximate surface area is 147 Å². The highest BCUT2D eigenvalue weighted by atomic mass is 31.1. The van der Waals surface area contributed by atoms with Crippen LogP contribution in [0.3, 0.4) is 0 Å². The lowest BCUT2D eigenvalue weighted by molar-refractivity contribution is 0.379. The lowest BCUT2D eigenvalue weighted by Gasteiger charge is -2.16. The predicted molar refractivity (Wildman–Crippen MR) is 105 cm³/mol. The highest BCUT2D eigenvalue weighted by molar-refractivity contribution is 7.47. The molecule has 2 aromatic rings. The molecule has 2 heterocycles. The second kappa shape index (κ2) is 10.6. The molecule has 0 aliphatic carbocycles. The van der Waals surface area contributed by atoms with Gasteiger partial charge in [0.2, 0.25) is 0 Å². The lowest BCUT2D eigenvalue weighted by atomic mass is 10.5. The maximum atomic E-state index is 5.13. The highest BCUT2D eigenvalue weighted by Crippen LogP contribution is 2.13. The van der Waals surface area contributed by atoms with Crippen LogP contribution in [-0.2, 0) is 0 Å². The first-order valence-corrected chi connectivity index (χ1v) is 10.3. The Morgan fingerprint density at radius 3 is 1.62 bits per heavy atom. The predicted octanol–water partition coefficient (Wildman–Crippen LogP) is 1.73. The van der Waals surface area contributed by atoms with Gasteiger partial charge in [-0.2, -0.15) is 0 Å². The zero-order valence-corrected chi connectivity index (χ0v) is 16.5. The molecule has 2 aromatic heterocycles. The zero-order chi connectivity index (χ0) is 17.2. The minimum absolute atomic E-state index is 0.739. The molecular formula is C17H25N3O2P2. The van der Waals surface area contributed by atoms with Crippen LogP contribution in [0.2, 0.25) is 0 Å². The van der Waals surface area contributed by atoms with Crippen LogP contribution >= 0.6 is 17.2 Å². The first-order chi connectivity index (χ1) is 11.7. The van der Waals surface area contributed by atoms with Crippen molar-refractivity contribution in [1.82, 2.24) is 14.9 Å². The third kappa shape index (κ3) is 6.68. The van der Waals surface area contributed by atoms with Crippen molar-refractivity contribution in [2.75, 3.05) is 46.7 Å². The van der Waals surface area contributed by atoms with E-state index in [4.69, 9.17) is 9.47 Å². The normalized spacial score (nSPS) is 11.8. The Morgan fingerprint density at radius 1 is 0.833 bits per heavy atom. The topological polar surface area (TPSA) is 47.5 Å². The van der Waals surface area contributed by atoms with Crippen LogP contribution in [0.4, 0.5) is 0 Å². The number of nitrogens with zero attached hydrogens (tertiary/aromatic N) is 3. The second-order valence-electron chi connectivity index (χ2n) is 5.32. The van der Waals surface area contributed by atoms with E-state index in [9.17, 15) is 0 Å². The van der Waals surface area contributed by atoms with Gasteiger partial charge in [-0.05, 0) is 43.6 Å². The summed E-state index contributed by atoms with van der Waals surface area (Å²) in [6.45, 7) is 2.18. The van der Waals surface area contributed by atoms with Crippen molar-refractivity contribution < 1.29 is 9.47 Å². The van der Waals surface area contributed by atoms with Gasteiger partial charge in [0.15, 0.2) is 0 Å². The van der Waals surface area contributed by atoms with Crippen molar-refractivity contribution in [3.63, 3.8) is 0 Å². The summed E-state index contributed by atoms with van der Waals surface area (Å²) in [5.74, 6) is 1.63. The molecule has 7 heteroatoms. The largest absolute Gasteiger partial charge is 0.495 e. The first-order valence-electron chi connectivity index (χ1n) is 7.87. The van der Waals surface area contributed by atoms with Gasteiger partial charge >= 0.3 is 0 Å². The first kappa shape index (κ1) is 19.1. The van der Waals surface area contributed by atoms with E-state index in [1.165, 1.54) is 0 Å². The average Bonchev–Trinajstić information content (AvgIpc) is 2.63. The van der Waals surface area contributed by atoms with Crippen LogP contribution in [0, 0.1) is 0 Å². The zero-order valence-electron chi connectivity index (χ0n) is 14.5. The molecule has 0 aromatic carbocycles. The van der Waals surface area contributed by atoms with Crippen molar-refractivity contribution in [2.45, 2.75) is 0 Å². The van der Waals surface area contributed by atoms with Gasteiger partial charge in [0, 0.05) is 13.1 Å². The second-order valence-corrected chi connectivity index (χ2v) is 8.06. The Morgan fingerprint density at radius 2 is 1.29 bits per heavy atom. The van der Waals surface area contributed by atoms with Gasteiger partial charge in [-0.25, -0.2) is 0 Å². The molecule has 0 spiro atoms. The van der Waals surface area contributed by atoms with E-state index in [1.807, 2.05) is 24.3 Å². The Kier molecular flexibility index (Phi) is 8.38. The van der Waals surface area contributed by atoms with Crippen LogP contribution < -0.4 is 20.3 Å². The summed E-state index contributed by atoms with van der Waals surface area (Å²) < 4.78 is 10.3. The Hall–Kier alpha value is -1.28. The molecule has 130 valence electrons. The smallest absolute Gasteiger partial charge is 0.137 e. The Balaban J connectivity index is 1.61. The van der Waals surface area contributed by atoms with E-state index in [-0.39, 0.29) is 0 Å². The lowest BCUT2D eigenvalue weighted by Crippen LogP contribution is -2.24. The van der Waals surface area contributed by atoms with Crippen molar-refractivity contribution >= 4 is 28.0 Å². The maximum Gasteiger partial charge on any atom is 0.137 e. The van der Waals surface area contributed by atoms with Gasteiger partial charge < -0.3 is 14.4 Å². The third-order valence-corrected chi connectivity index (χ3v) is 5.81. The molecule has 2 unspecified atom stereocenters. The van der Waals surface area contributed by atoms with E-state index in [2.05, 4.69) is 21.9 Å².